The van der Waals surface area contributed by atoms with E-state index in [-0.39, 0.29) is 5.82 Å². The summed E-state index contributed by atoms with van der Waals surface area (Å²) in [5.74, 6) is 0.0264. The number of morpholine rings is 1. The van der Waals surface area contributed by atoms with E-state index >= 15 is 0 Å². The van der Waals surface area contributed by atoms with Crippen LogP contribution in [0.5, 0.6) is 0 Å². The molecule has 0 spiro atoms. The summed E-state index contributed by atoms with van der Waals surface area (Å²) in [5.41, 5.74) is 7.27. The summed E-state index contributed by atoms with van der Waals surface area (Å²) < 4.78 is 21.0. The first-order valence-corrected chi connectivity index (χ1v) is 6.42. The van der Waals surface area contributed by atoms with Gasteiger partial charge < -0.3 is 15.5 Å². The molecule has 1 fully saturated rings. The number of fused-ring (bicyclic) bond motifs is 1. The van der Waals surface area contributed by atoms with Crippen molar-refractivity contribution in [2.24, 2.45) is 0 Å². The van der Waals surface area contributed by atoms with Gasteiger partial charge in [-0.25, -0.2) is 14.1 Å². The Morgan fingerprint density at radius 1 is 1.33 bits per heavy atom. The number of hydrogen-bond donors (Lipinski definition) is 1. The van der Waals surface area contributed by atoms with Crippen molar-refractivity contribution in [1.29, 1.82) is 0 Å². The minimum atomic E-state index is -0.339. The summed E-state index contributed by atoms with van der Waals surface area (Å²) in [4.78, 5) is 4.19. The molecule has 0 atom stereocenters. The van der Waals surface area contributed by atoms with Crippen molar-refractivity contribution in [3.05, 3.63) is 22.4 Å². The molecule has 5 nitrogen and oxygen atoms in total. The molecule has 2 N–H and O–H groups in total. The summed E-state index contributed by atoms with van der Waals surface area (Å²) >= 11 is 3.18. The molecule has 0 aliphatic carbocycles. The zero-order valence-corrected chi connectivity index (χ0v) is 11.2. The van der Waals surface area contributed by atoms with Crippen molar-refractivity contribution >= 4 is 32.9 Å². The van der Waals surface area contributed by atoms with Crippen LogP contribution in [-0.4, -0.2) is 36.0 Å². The summed E-state index contributed by atoms with van der Waals surface area (Å²) in [6.45, 7) is 2.79. The lowest BCUT2D eigenvalue weighted by Crippen LogP contribution is -2.44. The molecule has 3 rings (SSSR count). The van der Waals surface area contributed by atoms with Crippen molar-refractivity contribution in [3.63, 3.8) is 0 Å². The second kappa shape index (κ2) is 4.40. The molecule has 18 heavy (non-hydrogen) atoms. The summed E-state index contributed by atoms with van der Waals surface area (Å²) in [6, 6.07) is 3.08. The Hall–Kier alpha value is -1.34. The predicted molar refractivity (Wildman–Crippen MR) is 70.6 cm³/mol. The van der Waals surface area contributed by atoms with Crippen LogP contribution in [0.3, 0.4) is 0 Å². The third-order valence-corrected chi connectivity index (χ3v) is 3.58. The maximum atomic E-state index is 13.5. The lowest BCUT2D eigenvalue weighted by molar-refractivity contribution is 0.112. The van der Waals surface area contributed by atoms with E-state index in [9.17, 15) is 4.39 Å². The van der Waals surface area contributed by atoms with Gasteiger partial charge in [0.25, 0.3) is 0 Å². The highest BCUT2D eigenvalue weighted by atomic mass is 79.9. The van der Waals surface area contributed by atoms with E-state index in [1.807, 2.05) is 4.68 Å². The Balaban J connectivity index is 2.15. The van der Waals surface area contributed by atoms with Crippen molar-refractivity contribution in [2.45, 2.75) is 0 Å². The van der Waals surface area contributed by atoms with Crippen LogP contribution >= 0.6 is 15.9 Å². The van der Waals surface area contributed by atoms with E-state index in [0.717, 1.165) is 18.6 Å². The maximum Gasteiger partial charge on any atom is 0.220 e. The van der Waals surface area contributed by atoms with Crippen molar-refractivity contribution in [3.8, 4) is 0 Å². The van der Waals surface area contributed by atoms with Crippen LogP contribution in [0.25, 0.3) is 11.0 Å². The largest absolute Gasteiger partial charge is 0.378 e. The van der Waals surface area contributed by atoms with Crippen LogP contribution in [-0.2, 0) is 4.74 Å². The number of nitrogen functional groups attached to an aromatic ring is 1. The summed E-state index contributed by atoms with van der Waals surface area (Å²) in [5, 5.41) is 2.05. The van der Waals surface area contributed by atoms with Gasteiger partial charge in [0, 0.05) is 6.07 Å². The van der Waals surface area contributed by atoms with Crippen LogP contribution in [0.1, 0.15) is 0 Å². The third kappa shape index (κ3) is 1.83. The topological polar surface area (TPSA) is 56.3 Å². The Kier molecular flexibility index (Phi) is 2.87. The fourth-order valence-corrected chi connectivity index (χ4v) is 2.46. The number of halogens is 2. The Morgan fingerprint density at radius 2 is 2.06 bits per heavy atom. The average Bonchev–Trinajstić information content (AvgIpc) is 2.66. The molecule has 0 unspecified atom stereocenters. The number of nitrogens with two attached hydrogens (primary N) is 1. The Bertz CT molecular complexity index is 594. The van der Waals surface area contributed by atoms with E-state index in [2.05, 4.69) is 25.9 Å². The number of aromatic nitrogens is 2. The fourth-order valence-electron chi connectivity index (χ4n) is 2.13. The molecule has 0 bridgehead atoms. The SMILES string of the molecule is Nc1nc2cc(F)c(Br)cc2n1N1CCOCC1. The normalized spacial score (nSPS) is 16.4. The van der Waals surface area contributed by atoms with Crippen LogP contribution in [0, 0.1) is 5.82 Å². The van der Waals surface area contributed by atoms with Gasteiger partial charge in [0.15, 0.2) is 0 Å². The molecule has 1 saturated heterocycles. The average molecular weight is 315 g/mol. The maximum absolute atomic E-state index is 13.5. The Labute approximate surface area is 111 Å². The smallest absolute Gasteiger partial charge is 0.220 e. The minimum absolute atomic E-state index is 0.339. The summed E-state index contributed by atoms with van der Waals surface area (Å²) in [6.07, 6.45) is 0. The number of hydrogen-bond acceptors (Lipinski definition) is 4. The number of rotatable bonds is 1. The number of anilines is 1. The van der Waals surface area contributed by atoms with Gasteiger partial charge in [0.2, 0.25) is 5.95 Å². The fraction of sp³-hybridized carbons (Fsp3) is 0.364. The molecule has 0 saturated carbocycles. The molecular weight excluding hydrogens is 303 g/mol. The third-order valence-electron chi connectivity index (χ3n) is 2.97. The molecule has 2 heterocycles. The molecule has 1 aromatic carbocycles. The van der Waals surface area contributed by atoms with Gasteiger partial charge in [-0.15, -0.1) is 0 Å². The van der Waals surface area contributed by atoms with Gasteiger partial charge >= 0.3 is 0 Å². The molecule has 1 aromatic heterocycles. The van der Waals surface area contributed by atoms with E-state index in [1.165, 1.54) is 6.07 Å². The van der Waals surface area contributed by atoms with Crippen LogP contribution < -0.4 is 10.7 Å². The highest BCUT2D eigenvalue weighted by Crippen LogP contribution is 2.25. The first kappa shape index (κ1) is 11.7. The second-order valence-electron chi connectivity index (χ2n) is 4.10. The quantitative estimate of drug-likeness (QED) is 0.866. The molecular formula is C11H12BrFN4O. The van der Waals surface area contributed by atoms with Crippen molar-refractivity contribution in [2.75, 3.05) is 37.0 Å². The monoisotopic (exact) mass is 314 g/mol. The standard InChI is InChI=1S/C11H12BrFN4O/c12-7-5-10-9(6-8(7)13)15-11(14)17(10)16-1-3-18-4-2-16/h5-6H,1-4H2,(H2,14,15). The van der Waals surface area contributed by atoms with E-state index in [0.29, 0.717) is 29.2 Å². The molecule has 96 valence electrons. The van der Waals surface area contributed by atoms with Gasteiger partial charge in [0.05, 0.1) is 41.8 Å². The first-order valence-electron chi connectivity index (χ1n) is 5.63. The van der Waals surface area contributed by atoms with Crippen molar-refractivity contribution in [1.82, 2.24) is 9.66 Å². The lowest BCUT2D eigenvalue weighted by Gasteiger charge is -2.30. The van der Waals surface area contributed by atoms with Crippen LogP contribution in [0.4, 0.5) is 10.3 Å². The lowest BCUT2D eigenvalue weighted by atomic mass is 10.3. The minimum Gasteiger partial charge on any atom is -0.378 e. The zero-order chi connectivity index (χ0) is 12.7. The molecule has 1 aliphatic rings. The molecule has 2 aromatic rings. The Morgan fingerprint density at radius 3 is 2.78 bits per heavy atom. The second-order valence-corrected chi connectivity index (χ2v) is 4.96. The van der Waals surface area contributed by atoms with Gasteiger partial charge in [-0.3, -0.25) is 0 Å². The number of benzene rings is 1. The highest BCUT2D eigenvalue weighted by molar-refractivity contribution is 9.10. The van der Waals surface area contributed by atoms with Crippen LogP contribution in [0.15, 0.2) is 16.6 Å². The summed E-state index contributed by atoms with van der Waals surface area (Å²) in [7, 11) is 0. The van der Waals surface area contributed by atoms with Gasteiger partial charge in [-0.05, 0) is 22.0 Å². The van der Waals surface area contributed by atoms with Crippen molar-refractivity contribution < 1.29 is 9.13 Å². The number of ether oxygens (including phenoxy) is 1. The molecule has 1 aliphatic heterocycles. The number of nitrogens with zero attached hydrogens (tertiary/aromatic N) is 3. The molecule has 0 radical (unpaired) electrons. The van der Waals surface area contributed by atoms with E-state index < -0.39 is 0 Å². The van der Waals surface area contributed by atoms with Gasteiger partial charge in [0.1, 0.15) is 5.82 Å². The number of imidazole rings is 1. The predicted octanol–water partition coefficient (Wildman–Crippen LogP) is 1.49. The van der Waals surface area contributed by atoms with Gasteiger partial charge in [-0.2, -0.15) is 0 Å². The molecule has 0 amide bonds. The first-order chi connectivity index (χ1) is 8.66. The zero-order valence-electron chi connectivity index (χ0n) is 9.57. The van der Waals surface area contributed by atoms with E-state index in [1.54, 1.807) is 6.07 Å². The molecule has 7 heteroatoms. The van der Waals surface area contributed by atoms with Gasteiger partial charge in [-0.1, -0.05) is 0 Å². The van der Waals surface area contributed by atoms with Crippen LogP contribution in [0.2, 0.25) is 0 Å². The van der Waals surface area contributed by atoms with E-state index in [4.69, 9.17) is 10.5 Å². The highest BCUT2D eigenvalue weighted by Gasteiger charge is 2.18.